The molecule has 64 valence electrons. The number of nitrogens with two attached hydrogens (primary N) is 3. The minimum atomic E-state index is -2.17. The lowest BCUT2D eigenvalue weighted by Crippen LogP contribution is -2.10. The van der Waals surface area contributed by atoms with E-state index in [0.29, 0.717) is 5.57 Å². The number of rotatable bonds is 3. The molecule has 0 aromatic rings. The summed E-state index contributed by atoms with van der Waals surface area (Å²) >= 11 is -2.17. The molecule has 1 unspecified atom stereocenters. The van der Waals surface area contributed by atoms with Gasteiger partial charge in [-0.05, 0) is 17.8 Å². The molecule has 0 heterocycles. The Kier molecular flexibility index (Phi) is 4.32. The van der Waals surface area contributed by atoms with Gasteiger partial charge in [-0.1, -0.05) is 11.1 Å². The second-order valence-electron chi connectivity index (χ2n) is 1.83. The molecular formula is C5H10N3O2S-. The highest BCUT2D eigenvalue weighted by molar-refractivity contribution is 7.79. The summed E-state index contributed by atoms with van der Waals surface area (Å²) in [7, 11) is 0. The van der Waals surface area contributed by atoms with Gasteiger partial charge in [0.25, 0.3) is 0 Å². The van der Waals surface area contributed by atoms with Crippen molar-refractivity contribution in [3.63, 3.8) is 0 Å². The van der Waals surface area contributed by atoms with Crippen molar-refractivity contribution in [3.05, 3.63) is 23.7 Å². The van der Waals surface area contributed by atoms with Crippen LogP contribution in [0.2, 0.25) is 0 Å². The van der Waals surface area contributed by atoms with Crippen LogP contribution in [0.3, 0.4) is 0 Å². The molecule has 0 aliphatic carbocycles. The van der Waals surface area contributed by atoms with E-state index in [-0.39, 0.29) is 11.6 Å². The van der Waals surface area contributed by atoms with Crippen molar-refractivity contribution in [1.29, 1.82) is 0 Å². The monoisotopic (exact) mass is 176 g/mol. The largest absolute Gasteiger partial charge is 0.772 e. The third kappa shape index (κ3) is 5.43. The van der Waals surface area contributed by atoms with Gasteiger partial charge in [0.15, 0.2) is 0 Å². The Bertz CT molecular complexity index is 208. The molecule has 0 aliphatic rings. The van der Waals surface area contributed by atoms with Crippen molar-refractivity contribution in [2.45, 2.75) is 0 Å². The SMILES string of the molecule is N/C=C(\C=C(N)N)CS(=O)[O-]. The molecule has 0 saturated heterocycles. The van der Waals surface area contributed by atoms with E-state index in [1.165, 1.54) is 6.08 Å². The fourth-order valence-corrected chi connectivity index (χ4v) is 0.940. The molecule has 0 fully saturated rings. The Balaban J connectivity index is 4.22. The van der Waals surface area contributed by atoms with E-state index in [4.69, 9.17) is 17.2 Å². The third-order valence-electron chi connectivity index (χ3n) is 0.851. The molecule has 6 N–H and O–H groups in total. The van der Waals surface area contributed by atoms with Crippen LogP contribution in [0.15, 0.2) is 23.7 Å². The van der Waals surface area contributed by atoms with Crippen LogP contribution in [-0.2, 0) is 11.1 Å². The molecule has 0 aliphatic heterocycles. The van der Waals surface area contributed by atoms with Crippen LogP contribution in [0, 0.1) is 0 Å². The zero-order valence-corrected chi connectivity index (χ0v) is 6.64. The molecular weight excluding hydrogens is 166 g/mol. The zero-order valence-electron chi connectivity index (χ0n) is 5.82. The first-order valence-corrected chi connectivity index (χ1v) is 4.00. The van der Waals surface area contributed by atoms with E-state index in [9.17, 15) is 8.76 Å². The summed E-state index contributed by atoms with van der Waals surface area (Å²) in [5.41, 5.74) is 15.6. The maximum Gasteiger partial charge on any atom is 0.0937 e. The first kappa shape index (κ1) is 9.99. The van der Waals surface area contributed by atoms with Crippen molar-refractivity contribution in [2.75, 3.05) is 5.75 Å². The first-order valence-electron chi connectivity index (χ1n) is 2.75. The van der Waals surface area contributed by atoms with E-state index in [1.807, 2.05) is 0 Å². The van der Waals surface area contributed by atoms with Crippen LogP contribution >= 0.6 is 0 Å². The van der Waals surface area contributed by atoms with Crippen molar-refractivity contribution < 1.29 is 8.76 Å². The molecule has 0 rings (SSSR count). The quantitative estimate of drug-likeness (QED) is 0.356. The highest BCUT2D eigenvalue weighted by atomic mass is 32.2. The molecule has 0 bridgehead atoms. The van der Waals surface area contributed by atoms with Gasteiger partial charge in [0.05, 0.1) is 5.82 Å². The molecule has 0 spiro atoms. The molecule has 0 aromatic heterocycles. The summed E-state index contributed by atoms with van der Waals surface area (Å²) in [6, 6.07) is 0. The highest BCUT2D eigenvalue weighted by Crippen LogP contribution is 1.96. The summed E-state index contributed by atoms with van der Waals surface area (Å²) in [6.07, 6.45) is 2.45. The summed E-state index contributed by atoms with van der Waals surface area (Å²) in [5, 5.41) is 0. The van der Waals surface area contributed by atoms with Gasteiger partial charge in [-0.25, -0.2) is 0 Å². The molecule has 0 saturated carbocycles. The number of allylic oxidation sites excluding steroid dienone is 1. The Morgan fingerprint density at radius 1 is 1.55 bits per heavy atom. The van der Waals surface area contributed by atoms with E-state index in [0.717, 1.165) is 6.20 Å². The van der Waals surface area contributed by atoms with Crippen LogP contribution in [0.4, 0.5) is 0 Å². The van der Waals surface area contributed by atoms with E-state index >= 15 is 0 Å². The summed E-state index contributed by atoms with van der Waals surface area (Å²) in [6.45, 7) is 0. The van der Waals surface area contributed by atoms with Crippen molar-refractivity contribution >= 4 is 11.1 Å². The second-order valence-corrected chi connectivity index (χ2v) is 2.73. The Morgan fingerprint density at radius 3 is 2.36 bits per heavy atom. The van der Waals surface area contributed by atoms with Gasteiger partial charge in [-0.3, -0.25) is 4.21 Å². The van der Waals surface area contributed by atoms with Gasteiger partial charge < -0.3 is 21.8 Å². The van der Waals surface area contributed by atoms with Crippen LogP contribution in [-0.4, -0.2) is 14.5 Å². The minimum absolute atomic E-state index is 0.0344. The lowest BCUT2D eigenvalue weighted by atomic mass is 10.3. The molecule has 1 atom stereocenters. The molecule has 0 aromatic carbocycles. The first-order chi connectivity index (χ1) is 5.06. The van der Waals surface area contributed by atoms with Crippen LogP contribution in [0.5, 0.6) is 0 Å². The average molecular weight is 176 g/mol. The lowest BCUT2D eigenvalue weighted by molar-refractivity contribution is 0.539. The number of hydrogen-bond acceptors (Lipinski definition) is 5. The zero-order chi connectivity index (χ0) is 8.85. The van der Waals surface area contributed by atoms with Gasteiger partial charge in [-0.15, -0.1) is 0 Å². The van der Waals surface area contributed by atoms with E-state index in [2.05, 4.69) is 0 Å². The highest BCUT2D eigenvalue weighted by Gasteiger charge is 1.92. The molecule has 6 heteroatoms. The van der Waals surface area contributed by atoms with Gasteiger partial charge >= 0.3 is 0 Å². The maximum atomic E-state index is 10.1. The van der Waals surface area contributed by atoms with Gasteiger partial charge in [0.1, 0.15) is 0 Å². The summed E-state index contributed by atoms with van der Waals surface area (Å²) in [4.78, 5) is 0. The van der Waals surface area contributed by atoms with Crippen LogP contribution in [0.1, 0.15) is 0 Å². The smallest absolute Gasteiger partial charge is 0.0937 e. The summed E-state index contributed by atoms with van der Waals surface area (Å²) in [5.74, 6) is -0.138. The fourth-order valence-electron chi connectivity index (χ4n) is 0.488. The van der Waals surface area contributed by atoms with Gasteiger partial charge in [0, 0.05) is 5.75 Å². The van der Waals surface area contributed by atoms with E-state index < -0.39 is 11.1 Å². The maximum absolute atomic E-state index is 10.1. The lowest BCUT2D eigenvalue weighted by Gasteiger charge is -2.04. The van der Waals surface area contributed by atoms with Crippen molar-refractivity contribution in [3.8, 4) is 0 Å². The number of hydrogen-bond donors (Lipinski definition) is 3. The fraction of sp³-hybridized carbons (Fsp3) is 0.200. The molecule has 11 heavy (non-hydrogen) atoms. The minimum Gasteiger partial charge on any atom is -0.772 e. The van der Waals surface area contributed by atoms with Crippen molar-refractivity contribution in [1.82, 2.24) is 0 Å². The van der Waals surface area contributed by atoms with Crippen LogP contribution in [0.25, 0.3) is 0 Å². The van der Waals surface area contributed by atoms with Crippen LogP contribution < -0.4 is 17.2 Å². The molecule has 5 nitrogen and oxygen atoms in total. The molecule has 0 amide bonds. The van der Waals surface area contributed by atoms with Gasteiger partial charge in [-0.2, -0.15) is 0 Å². The average Bonchev–Trinajstić information content (AvgIpc) is 1.84. The normalized spacial score (nSPS) is 14.1. The molecule has 0 radical (unpaired) electrons. The Hall–Kier alpha value is -1.01. The Labute approximate surface area is 67.2 Å². The van der Waals surface area contributed by atoms with Crippen molar-refractivity contribution in [2.24, 2.45) is 17.2 Å². The second kappa shape index (κ2) is 4.75. The predicted octanol–water partition coefficient (Wildman–Crippen LogP) is -1.53. The Morgan fingerprint density at radius 2 is 2.09 bits per heavy atom. The standard InChI is InChI=1S/C5H11N3O2S/c6-2-4(1-5(7)8)3-11(9)10/h1-2H,3,6-8H2,(H,9,10)/p-1/b4-2+. The summed E-state index contributed by atoms with van der Waals surface area (Å²) < 4.78 is 20.3. The topological polar surface area (TPSA) is 118 Å². The predicted molar refractivity (Wildman–Crippen MR) is 42.5 cm³/mol. The third-order valence-corrected chi connectivity index (χ3v) is 1.42. The van der Waals surface area contributed by atoms with E-state index in [1.54, 1.807) is 0 Å². The van der Waals surface area contributed by atoms with Gasteiger partial charge in [0.2, 0.25) is 0 Å².